The van der Waals surface area contributed by atoms with Crippen molar-refractivity contribution in [2.45, 2.75) is 45.1 Å². The van der Waals surface area contributed by atoms with Crippen LogP contribution in [0, 0.1) is 17.8 Å². The Bertz CT molecular complexity index is 137. The fourth-order valence-electron chi connectivity index (χ4n) is 3.42. The van der Waals surface area contributed by atoms with Crippen molar-refractivity contribution >= 4 is 0 Å². The van der Waals surface area contributed by atoms with Gasteiger partial charge in [0.25, 0.3) is 0 Å². The van der Waals surface area contributed by atoms with Gasteiger partial charge in [-0.05, 0) is 56.9 Å². The van der Waals surface area contributed by atoms with Crippen molar-refractivity contribution in [3.8, 4) is 0 Å². The van der Waals surface area contributed by atoms with Gasteiger partial charge < -0.3 is 5.32 Å². The lowest BCUT2D eigenvalue weighted by atomic mass is 9.67. The quantitative estimate of drug-likeness (QED) is 0.632. The number of rotatable bonds is 1. The SMILES string of the molecule is CNC1CC2CC(C)CC(C2)C1. The minimum atomic E-state index is 0.834. The van der Waals surface area contributed by atoms with Crippen LogP contribution in [-0.2, 0) is 0 Å². The van der Waals surface area contributed by atoms with Gasteiger partial charge in [0.15, 0.2) is 0 Å². The maximum absolute atomic E-state index is 3.45. The summed E-state index contributed by atoms with van der Waals surface area (Å²) in [6.45, 7) is 2.43. The molecule has 0 aliphatic heterocycles. The Hall–Kier alpha value is -0.0400. The van der Waals surface area contributed by atoms with E-state index in [0.717, 1.165) is 23.8 Å². The molecular formula is C11H21N. The summed E-state index contributed by atoms with van der Waals surface area (Å²) in [5.74, 6) is 3.10. The number of hydrogen-bond acceptors (Lipinski definition) is 1. The number of nitrogens with one attached hydrogen (secondary N) is 1. The van der Waals surface area contributed by atoms with Crippen LogP contribution < -0.4 is 5.32 Å². The largest absolute Gasteiger partial charge is 0.317 e. The first kappa shape index (κ1) is 8.55. The molecular weight excluding hydrogens is 146 g/mol. The van der Waals surface area contributed by atoms with E-state index in [1.165, 1.54) is 32.1 Å². The van der Waals surface area contributed by atoms with E-state index in [0.29, 0.717) is 0 Å². The second-order valence-corrected chi connectivity index (χ2v) is 5.00. The van der Waals surface area contributed by atoms with Gasteiger partial charge in [0.2, 0.25) is 0 Å². The summed E-state index contributed by atoms with van der Waals surface area (Å²) in [4.78, 5) is 0. The molecule has 0 amide bonds. The topological polar surface area (TPSA) is 12.0 Å². The van der Waals surface area contributed by atoms with Crippen LogP contribution in [0.1, 0.15) is 39.0 Å². The van der Waals surface area contributed by atoms with Crippen LogP contribution >= 0.6 is 0 Å². The molecule has 2 fully saturated rings. The molecule has 0 heterocycles. The van der Waals surface area contributed by atoms with Crippen molar-refractivity contribution in [1.82, 2.24) is 5.32 Å². The Morgan fingerprint density at radius 2 is 1.50 bits per heavy atom. The normalized spacial score (nSPS) is 47.5. The molecule has 0 spiro atoms. The minimum absolute atomic E-state index is 0.834. The average molecular weight is 167 g/mol. The van der Waals surface area contributed by atoms with Crippen molar-refractivity contribution < 1.29 is 0 Å². The first-order valence-electron chi connectivity index (χ1n) is 5.45. The van der Waals surface area contributed by atoms with E-state index in [-0.39, 0.29) is 0 Å². The van der Waals surface area contributed by atoms with Crippen molar-refractivity contribution in [3.63, 3.8) is 0 Å². The number of hydrogen-bond donors (Lipinski definition) is 1. The predicted octanol–water partition coefficient (Wildman–Crippen LogP) is 2.42. The Kier molecular flexibility index (Phi) is 2.40. The third-order valence-electron chi connectivity index (χ3n) is 3.78. The van der Waals surface area contributed by atoms with Gasteiger partial charge in [-0.1, -0.05) is 6.92 Å². The van der Waals surface area contributed by atoms with Gasteiger partial charge in [0.05, 0.1) is 0 Å². The lowest BCUT2D eigenvalue weighted by Gasteiger charge is -2.41. The molecule has 2 rings (SSSR count). The van der Waals surface area contributed by atoms with Crippen molar-refractivity contribution in [2.24, 2.45) is 17.8 Å². The molecule has 0 saturated heterocycles. The highest BCUT2D eigenvalue weighted by Gasteiger charge is 2.33. The van der Waals surface area contributed by atoms with E-state index in [2.05, 4.69) is 19.3 Å². The Morgan fingerprint density at radius 3 is 2.00 bits per heavy atom. The van der Waals surface area contributed by atoms with Crippen LogP contribution in [0.5, 0.6) is 0 Å². The van der Waals surface area contributed by atoms with Crippen LogP contribution in [0.2, 0.25) is 0 Å². The molecule has 2 atom stereocenters. The second-order valence-electron chi connectivity index (χ2n) is 5.00. The van der Waals surface area contributed by atoms with E-state index in [1.54, 1.807) is 0 Å². The molecule has 0 aromatic rings. The summed E-state index contributed by atoms with van der Waals surface area (Å²) in [6.07, 6.45) is 7.40. The summed E-state index contributed by atoms with van der Waals surface area (Å²) >= 11 is 0. The summed E-state index contributed by atoms with van der Waals surface area (Å²) in [6, 6.07) is 0.834. The molecule has 12 heavy (non-hydrogen) atoms. The van der Waals surface area contributed by atoms with Gasteiger partial charge in [-0.15, -0.1) is 0 Å². The standard InChI is InChI=1S/C11H21N/c1-8-3-9-5-10(4-8)7-11(6-9)12-2/h8-12H,3-7H2,1-2H3. The molecule has 2 aliphatic rings. The Labute approximate surface area is 75.9 Å². The molecule has 1 nitrogen and oxygen atoms in total. The highest BCUT2D eigenvalue weighted by Crippen LogP contribution is 2.42. The lowest BCUT2D eigenvalue weighted by molar-refractivity contribution is 0.122. The molecule has 70 valence electrons. The first-order valence-corrected chi connectivity index (χ1v) is 5.45. The summed E-state index contributed by atoms with van der Waals surface area (Å²) < 4.78 is 0. The van der Waals surface area contributed by atoms with E-state index in [4.69, 9.17) is 0 Å². The third-order valence-corrected chi connectivity index (χ3v) is 3.78. The second kappa shape index (κ2) is 3.37. The summed E-state index contributed by atoms with van der Waals surface area (Å²) in [7, 11) is 2.12. The van der Waals surface area contributed by atoms with Crippen LogP contribution in [0.3, 0.4) is 0 Å². The zero-order chi connectivity index (χ0) is 8.55. The van der Waals surface area contributed by atoms with Gasteiger partial charge in [0, 0.05) is 6.04 Å². The van der Waals surface area contributed by atoms with Gasteiger partial charge >= 0.3 is 0 Å². The van der Waals surface area contributed by atoms with E-state index in [9.17, 15) is 0 Å². The first-order chi connectivity index (χ1) is 5.78. The smallest absolute Gasteiger partial charge is 0.00693 e. The van der Waals surface area contributed by atoms with Crippen LogP contribution in [0.25, 0.3) is 0 Å². The molecule has 2 aliphatic carbocycles. The van der Waals surface area contributed by atoms with Crippen LogP contribution in [0.4, 0.5) is 0 Å². The van der Waals surface area contributed by atoms with E-state index in [1.807, 2.05) is 0 Å². The molecule has 2 unspecified atom stereocenters. The molecule has 0 aromatic heterocycles. The zero-order valence-electron chi connectivity index (χ0n) is 8.34. The zero-order valence-corrected chi connectivity index (χ0v) is 8.34. The van der Waals surface area contributed by atoms with Gasteiger partial charge in [-0.2, -0.15) is 0 Å². The molecule has 2 saturated carbocycles. The van der Waals surface area contributed by atoms with Crippen molar-refractivity contribution in [3.05, 3.63) is 0 Å². The van der Waals surface area contributed by atoms with Crippen molar-refractivity contribution in [1.29, 1.82) is 0 Å². The fraction of sp³-hybridized carbons (Fsp3) is 1.00. The molecule has 1 N–H and O–H groups in total. The average Bonchev–Trinajstić information content (AvgIpc) is 2.02. The summed E-state index contributed by atoms with van der Waals surface area (Å²) in [5, 5.41) is 3.45. The molecule has 2 bridgehead atoms. The highest BCUT2D eigenvalue weighted by molar-refractivity contribution is 4.87. The van der Waals surface area contributed by atoms with E-state index >= 15 is 0 Å². The van der Waals surface area contributed by atoms with Gasteiger partial charge in [-0.3, -0.25) is 0 Å². The lowest BCUT2D eigenvalue weighted by Crippen LogP contribution is -2.39. The van der Waals surface area contributed by atoms with Gasteiger partial charge in [-0.25, -0.2) is 0 Å². The monoisotopic (exact) mass is 167 g/mol. The minimum Gasteiger partial charge on any atom is -0.317 e. The van der Waals surface area contributed by atoms with Gasteiger partial charge in [0.1, 0.15) is 0 Å². The van der Waals surface area contributed by atoms with Crippen LogP contribution in [-0.4, -0.2) is 13.1 Å². The Morgan fingerprint density at radius 1 is 0.917 bits per heavy atom. The summed E-state index contributed by atoms with van der Waals surface area (Å²) in [5.41, 5.74) is 0. The molecule has 0 aromatic carbocycles. The molecule has 1 heteroatoms. The maximum Gasteiger partial charge on any atom is 0.00693 e. The Balaban J connectivity index is 1.96. The van der Waals surface area contributed by atoms with Crippen molar-refractivity contribution in [2.75, 3.05) is 7.05 Å². The third kappa shape index (κ3) is 1.66. The fourth-order valence-corrected chi connectivity index (χ4v) is 3.42. The highest BCUT2D eigenvalue weighted by atomic mass is 14.9. The maximum atomic E-state index is 3.45. The molecule has 0 radical (unpaired) electrons. The predicted molar refractivity (Wildman–Crippen MR) is 52.1 cm³/mol. The van der Waals surface area contributed by atoms with Crippen LogP contribution in [0.15, 0.2) is 0 Å². The van der Waals surface area contributed by atoms with E-state index < -0.39 is 0 Å². The number of fused-ring (bicyclic) bond motifs is 2.